The van der Waals surface area contributed by atoms with Gasteiger partial charge in [-0.3, -0.25) is 14.2 Å². The quantitative estimate of drug-likeness (QED) is 0.528. The Balaban J connectivity index is 1.82. The zero-order valence-corrected chi connectivity index (χ0v) is 15.0. The molecule has 0 aliphatic rings. The molecule has 24 heavy (non-hydrogen) atoms. The third-order valence-corrected chi connectivity index (χ3v) is 4.27. The fraction of sp³-hybridized carbons (Fsp3) is 0.133. The third-order valence-electron chi connectivity index (χ3n) is 3.18. The molecule has 0 radical (unpaired) electrons. The highest BCUT2D eigenvalue weighted by Crippen LogP contribution is 2.14. The van der Waals surface area contributed by atoms with E-state index in [0.29, 0.717) is 16.5 Å². The van der Waals surface area contributed by atoms with E-state index >= 15 is 0 Å². The Morgan fingerprint density at radius 1 is 1.29 bits per heavy atom. The van der Waals surface area contributed by atoms with Gasteiger partial charge in [0.1, 0.15) is 18.3 Å². The van der Waals surface area contributed by atoms with Crippen molar-refractivity contribution in [1.29, 1.82) is 0 Å². The number of benzene rings is 1. The molecule has 0 spiro atoms. The van der Waals surface area contributed by atoms with Gasteiger partial charge in [0.2, 0.25) is 5.91 Å². The van der Waals surface area contributed by atoms with Crippen molar-refractivity contribution in [3.05, 3.63) is 51.6 Å². The second-order valence-electron chi connectivity index (χ2n) is 4.83. The zero-order chi connectivity index (χ0) is 17.1. The fourth-order valence-corrected chi connectivity index (χ4v) is 2.64. The van der Waals surface area contributed by atoms with E-state index in [1.54, 1.807) is 12.1 Å². The van der Waals surface area contributed by atoms with E-state index < -0.39 is 0 Å². The summed E-state index contributed by atoms with van der Waals surface area (Å²) in [4.78, 5) is 36.9. The number of amides is 1. The van der Waals surface area contributed by atoms with Crippen LogP contribution in [0.5, 0.6) is 0 Å². The van der Waals surface area contributed by atoms with Crippen molar-refractivity contribution in [2.45, 2.75) is 11.7 Å². The lowest BCUT2D eigenvalue weighted by Crippen LogP contribution is -2.28. The lowest BCUT2D eigenvalue weighted by atomic mass is 10.3. The molecule has 7 nitrogen and oxygen atoms in total. The van der Waals surface area contributed by atoms with E-state index in [0.717, 1.165) is 4.47 Å². The largest absolute Gasteiger partial charge is 0.325 e. The molecule has 9 heteroatoms. The first-order chi connectivity index (χ1) is 11.6. The number of anilines is 1. The lowest BCUT2D eigenvalue weighted by Gasteiger charge is -2.08. The van der Waals surface area contributed by atoms with Crippen LogP contribution in [0.3, 0.4) is 0 Å². The minimum Gasteiger partial charge on any atom is -0.325 e. The minimum absolute atomic E-state index is 0.137. The van der Waals surface area contributed by atoms with E-state index in [1.165, 1.54) is 28.9 Å². The van der Waals surface area contributed by atoms with Crippen molar-refractivity contribution in [3.8, 4) is 0 Å². The van der Waals surface area contributed by atoms with Gasteiger partial charge in [-0.2, -0.15) is 0 Å². The number of carbonyl (C=O) groups excluding carboxylic acids is 1. The Morgan fingerprint density at radius 2 is 2.04 bits per heavy atom. The minimum atomic E-state index is -0.349. The number of nitrogens with one attached hydrogen (secondary N) is 1. The predicted octanol–water partition coefficient (Wildman–Crippen LogP) is 2.31. The normalized spacial score (nSPS) is 10.8. The average Bonchev–Trinajstić information content (AvgIpc) is 2.59. The van der Waals surface area contributed by atoms with Crippen molar-refractivity contribution >= 4 is 50.3 Å². The van der Waals surface area contributed by atoms with Crippen LogP contribution >= 0.6 is 27.7 Å². The van der Waals surface area contributed by atoms with Gasteiger partial charge in [-0.05, 0) is 30.5 Å². The molecule has 1 amide bonds. The molecule has 1 N–H and O–H groups in total. The van der Waals surface area contributed by atoms with Crippen LogP contribution in [0.25, 0.3) is 11.0 Å². The highest BCUT2D eigenvalue weighted by Gasteiger charge is 2.10. The zero-order valence-electron chi connectivity index (χ0n) is 12.6. The molecular weight excluding hydrogens is 394 g/mol. The Kier molecular flexibility index (Phi) is 4.91. The molecule has 0 aliphatic carbocycles. The molecule has 1 aromatic carbocycles. The summed E-state index contributed by atoms with van der Waals surface area (Å²) < 4.78 is 2.15. The van der Waals surface area contributed by atoms with E-state index in [9.17, 15) is 9.59 Å². The number of hydrogen-bond donors (Lipinski definition) is 1. The topological polar surface area (TPSA) is 89.8 Å². The summed E-state index contributed by atoms with van der Waals surface area (Å²) in [5, 5.41) is 3.56. The molecule has 0 bridgehead atoms. The average molecular weight is 406 g/mol. The van der Waals surface area contributed by atoms with Crippen LogP contribution in [-0.2, 0) is 11.3 Å². The summed E-state index contributed by atoms with van der Waals surface area (Å²) >= 11 is 4.70. The number of rotatable bonds is 4. The summed E-state index contributed by atoms with van der Waals surface area (Å²) in [6, 6.07) is 7.17. The van der Waals surface area contributed by atoms with Gasteiger partial charge >= 0.3 is 0 Å². The first-order valence-corrected chi connectivity index (χ1v) is 8.90. The summed E-state index contributed by atoms with van der Waals surface area (Å²) in [6.45, 7) is -0.137. The van der Waals surface area contributed by atoms with Crippen molar-refractivity contribution in [2.24, 2.45) is 0 Å². The SMILES string of the molecule is CSc1ncc2c(=O)n(CC(=O)Nc3ccc(Br)cc3)cnc2n1. The maximum atomic E-state index is 12.4. The van der Waals surface area contributed by atoms with Gasteiger partial charge in [0, 0.05) is 16.4 Å². The van der Waals surface area contributed by atoms with E-state index in [-0.39, 0.29) is 23.4 Å². The molecule has 3 rings (SSSR count). The van der Waals surface area contributed by atoms with Crippen molar-refractivity contribution in [2.75, 3.05) is 11.6 Å². The highest BCUT2D eigenvalue weighted by molar-refractivity contribution is 9.10. The standard InChI is InChI=1S/C15H12BrN5O2S/c1-24-15-17-6-11-13(20-15)18-8-21(14(11)23)7-12(22)19-10-4-2-9(16)3-5-10/h2-6,8H,7H2,1H3,(H,19,22). The van der Waals surface area contributed by atoms with Crippen LogP contribution in [0.4, 0.5) is 5.69 Å². The maximum Gasteiger partial charge on any atom is 0.264 e. The number of fused-ring (bicyclic) bond motifs is 1. The maximum absolute atomic E-state index is 12.4. The number of halogens is 1. The lowest BCUT2D eigenvalue weighted by molar-refractivity contribution is -0.116. The predicted molar refractivity (Wildman–Crippen MR) is 96.1 cm³/mol. The summed E-state index contributed by atoms with van der Waals surface area (Å²) in [7, 11) is 0. The van der Waals surface area contributed by atoms with Crippen LogP contribution < -0.4 is 10.9 Å². The number of nitrogens with zero attached hydrogens (tertiary/aromatic N) is 4. The number of aromatic nitrogens is 4. The van der Waals surface area contributed by atoms with E-state index in [1.807, 2.05) is 18.4 Å². The Labute approximate surface area is 149 Å². The van der Waals surface area contributed by atoms with Crippen LogP contribution in [0, 0.1) is 0 Å². The number of hydrogen-bond acceptors (Lipinski definition) is 6. The second-order valence-corrected chi connectivity index (χ2v) is 6.52. The van der Waals surface area contributed by atoms with Crippen molar-refractivity contribution in [1.82, 2.24) is 19.5 Å². The van der Waals surface area contributed by atoms with Gasteiger partial charge in [-0.25, -0.2) is 15.0 Å². The molecule has 0 saturated heterocycles. The molecule has 0 fully saturated rings. The molecule has 2 heterocycles. The summed E-state index contributed by atoms with van der Waals surface area (Å²) in [5.74, 6) is -0.317. The van der Waals surface area contributed by atoms with Gasteiger partial charge in [0.05, 0.1) is 0 Å². The molecular formula is C15H12BrN5O2S. The van der Waals surface area contributed by atoms with Gasteiger partial charge in [0.15, 0.2) is 10.8 Å². The number of thioether (sulfide) groups is 1. The van der Waals surface area contributed by atoms with Crippen LogP contribution in [0.15, 0.2) is 51.2 Å². The van der Waals surface area contributed by atoms with Crippen molar-refractivity contribution in [3.63, 3.8) is 0 Å². The van der Waals surface area contributed by atoms with E-state index in [2.05, 4.69) is 36.2 Å². The summed E-state index contributed by atoms with van der Waals surface area (Å²) in [6.07, 6.45) is 4.60. The van der Waals surface area contributed by atoms with Gasteiger partial charge in [-0.15, -0.1) is 0 Å². The molecule has 0 atom stereocenters. The third kappa shape index (κ3) is 3.62. The Hall–Kier alpha value is -2.26. The molecule has 122 valence electrons. The number of carbonyl (C=O) groups is 1. The van der Waals surface area contributed by atoms with Crippen LogP contribution in [0.1, 0.15) is 0 Å². The van der Waals surface area contributed by atoms with Crippen molar-refractivity contribution < 1.29 is 4.79 Å². The van der Waals surface area contributed by atoms with Crippen LogP contribution in [0.2, 0.25) is 0 Å². The van der Waals surface area contributed by atoms with Gasteiger partial charge in [-0.1, -0.05) is 27.7 Å². The molecule has 0 aliphatic heterocycles. The second kappa shape index (κ2) is 7.10. The summed E-state index contributed by atoms with van der Waals surface area (Å²) in [5.41, 5.74) is 0.625. The fourth-order valence-electron chi connectivity index (χ4n) is 2.04. The molecule has 2 aromatic heterocycles. The smallest absolute Gasteiger partial charge is 0.264 e. The molecule has 3 aromatic rings. The monoisotopic (exact) mass is 405 g/mol. The highest BCUT2D eigenvalue weighted by atomic mass is 79.9. The van der Waals surface area contributed by atoms with E-state index in [4.69, 9.17) is 0 Å². The Bertz CT molecular complexity index is 958. The first kappa shape index (κ1) is 16.6. The molecule has 0 saturated carbocycles. The van der Waals surface area contributed by atoms with Gasteiger partial charge < -0.3 is 5.32 Å². The Morgan fingerprint density at radius 3 is 2.75 bits per heavy atom. The molecule has 0 unspecified atom stereocenters. The first-order valence-electron chi connectivity index (χ1n) is 6.88. The van der Waals surface area contributed by atoms with Crippen LogP contribution in [-0.4, -0.2) is 31.7 Å². The van der Waals surface area contributed by atoms with Gasteiger partial charge in [0.25, 0.3) is 5.56 Å².